The lowest BCUT2D eigenvalue weighted by Crippen LogP contribution is -2.58. The van der Waals surface area contributed by atoms with Gasteiger partial charge in [0.25, 0.3) is 5.91 Å². The van der Waals surface area contributed by atoms with Crippen LogP contribution in [0.3, 0.4) is 0 Å². The van der Waals surface area contributed by atoms with Crippen molar-refractivity contribution in [1.29, 1.82) is 0 Å². The van der Waals surface area contributed by atoms with E-state index in [-0.39, 0.29) is 22.5 Å². The quantitative estimate of drug-likeness (QED) is 0.438. The van der Waals surface area contributed by atoms with Gasteiger partial charge in [0.1, 0.15) is 23.2 Å². The van der Waals surface area contributed by atoms with Crippen molar-refractivity contribution in [3.05, 3.63) is 12.2 Å². The van der Waals surface area contributed by atoms with Crippen LogP contribution in [0.2, 0.25) is 0 Å². The van der Waals surface area contributed by atoms with Crippen LogP contribution >= 0.6 is 0 Å². The molecule has 0 aromatic carbocycles. The maximum Gasteiger partial charge on any atom is 0.408 e. The maximum absolute atomic E-state index is 13.6. The van der Waals surface area contributed by atoms with Crippen molar-refractivity contribution in [2.75, 3.05) is 6.54 Å². The average Bonchev–Trinajstić information content (AvgIpc) is 3.68. The third-order valence-electron chi connectivity index (χ3n) is 8.16. The molecule has 2 heterocycles. The molecule has 224 valence electrons. The lowest BCUT2D eigenvalue weighted by molar-refractivity contribution is -0.141. The number of amides is 4. The van der Waals surface area contributed by atoms with E-state index in [0.29, 0.717) is 45.1 Å². The summed E-state index contributed by atoms with van der Waals surface area (Å²) in [5, 5.41) is 5.54. The van der Waals surface area contributed by atoms with Gasteiger partial charge in [-0.2, -0.15) is 0 Å². The molecule has 0 radical (unpaired) electrons. The Morgan fingerprint density at radius 1 is 1.13 bits per heavy atom. The van der Waals surface area contributed by atoms with Crippen LogP contribution in [0.5, 0.6) is 0 Å². The van der Waals surface area contributed by atoms with Crippen molar-refractivity contribution in [3.8, 4) is 0 Å². The van der Waals surface area contributed by atoms with Gasteiger partial charge in [0.15, 0.2) is 0 Å². The molecule has 0 bridgehead atoms. The van der Waals surface area contributed by atoms with Crippen molar-refractivity contribution < 1.29 is 36.6 Å². The Labute approximate surface area is 235 Å². The van der Waals surface area contributed by atoms with Gasteiger partial charge in [-0.25, -0.2) is 13.2 Å². The van der Waals surface area contributed by atoms with Crippen LogP contribution < -0.4 is 15.4 Å². The van der Waals surface area contributed by atoms with Crippen LogP contribution in [0.1, 0.15) is 96.2 Å². The van der Waals surface area contributed by atoms with Crippen LogP contribution in [0.15, 0.2) is 12.2 Å². The summed E-state index contributed by atoms with van der Waals surface area (Å²) in [7, 11) is -3.88. The standard InChI is InChI=1S/C27H42N4O7S.3H2/c1-25(2,3)38-24(35)28-19-12-9-7-5-6-8-11-18-17-27(18,23(34)30-39(36,37)26(4)14-15-26)29-21(32)20-13-10-16-31(20)22(19)33;;;/h8,11,18-20H,5-7,9-10,12-17H2,1-4H3,(H,28,35)(H,29,32)(H,30,34);3*1H/b11-8-;;;/t18-,19+,20+,27-;;;/m1.../s1. The maximum atomic E-state index is 13.6. The lowest BCUT2D eigenvalue weighted by atomic mass is 10.0. The molecule has 0 aromatic heterocycles. The van der Waals surface area contributed by atoms with E-state index in [9.17, 15) is 27.6 Å². The Morgan fingerprint density at radius 2 is 1.85 bits per heavy atom. The average molecular weight is 573 g/mol. The van der Waals surface area contributed by atoms with E-state index >= 15 is 0 Å². The Kier molecular flexibility index (Phi) is 8.08. The Hall–Kier alpha value is -2.63. The number of hydrogen-bond acceptors (Lipinski definition) is 7. The van der Waals surface area contributed by atoms with E-state index in [1.807, 2.05) is 12.2 Å². The molecule has 2 aliphatic carbocycles. The van der Waals surface area contributed by atoms with Gasteiger partial charge in [0.2, 0.25) is 21.8 Å². The van der Waals surface area contributed by atoms with E-state index in [2.05, 4.69) is 15.4 Å². The first kappa shape index (κ1) is 29.4. The van der Waals surface area contributed by atoms with Gasteiger partial charge in [-0.3, -0.25) is 19.1 Å². The third-order valence-corrected chi connectivity index (χ3v) is 10.3. The Morgan fingerprint density at radius 3 is 2.51 bits per heavy atom. The molecule has 2 saturated carbocycles. The van der Waals surface area contributed by atoms with Gasteiger partial charge in [0, 0.05) is 16.7 Å². The van der Waals surface area contributed by atoms with Gasteiger partial charge < -0.3 is 20.3 Å². The SMILES string of the molecule is CC(C)(C)OC(=O)N[C@H]1CCCCC/C=C\[C@@H]2C[C@@]2(C(=O)NS(=O)(=O)C2(C)CC2)NC(=O)[C@@H]2CCCN2C1=O.[HH].[HH].[HH]. The third kappa shape index (κ3) is 6.58. The molecule has 4 rings (SSSR count). The predicted molar refractivity (Wildman–Crippen MR) is 150 cm³/mol. The minimum atomic E-state index is -3.88. The molecule has 0 unspecified atom stereocenters. The first-order valence-electron chi connectivity index (χ1n) is 14.0. The van der Waals surface area contributed by atoms with Gasteiger partial charge in [0.05, 0.1) is 4.75 Å². The van der Waals surface area contributed by atoms with E-state index in [4.69, 9.17) is 4.74 Å². The molecule has 12 heteroatoms. The molecule has 1 saturated heterocycles. The highest BCUT2D eigenvalue weighted by Crippen LogP contribution is 2.47. The van der Waals surface area contributed by atoms with Crippen molar-refractivity contribution >= 4 is 33.8 Å². The highest BCUT2D eigenvalue weighted by molar-refractivity contribution is 7.91. The number of alkyl carbamates (subject to hydrolysis) is 1. The summed E-state index contributed by atoms with van der Waals surface area (Å²) >= 11 is 0. The number of rotatable bonds is 4. The number of allylic oxidation sites excluding steroid dienone is 1. The zero-order valence-corrected chi connectivity index (χ0v) is 24.2. The molecule has 39 heavy (non-hydrogen) atoms. The number of fused-ring (bicyclic) bond motifs is 2. The smallest absolute Gasteiger partial charge is 0.408 e. The molecule has 3 fully saturated rings. The van der Waals surface area contributed by atoms with Crippen LogP contribution in [0.4, 0.5) is 4.79 Å². The second-order valence-electron chi connectivity index (χ2n) is 12.6. The van der Waals surface area contributed by atoms with E-state index in [0.717, 1.165) is 19.3 Å². The van der Waals surface area contributed by atoms with Crippen LogP contribution in [-0.4, -0.2) is 71.6 Å². The molecule has 0 spiro atoms. The zero-order chi connectivity index (χ0) is 28.6. The summed E-state index contributed by atoms with van der Waals surface area (Å²) in [5.74, 6) is -1.92. The van der Waals surface area contributed by atoms with Crippen LogP contribution in [-0.2, 0) is 29.1 Å². The monoisotopic (exact) mass is 572 g/mol. The number of nitrogens with zero attached hydrogens (tertiary/aromatic N) is 1. The summed E-state index contributed by atoms with van der Waals surface area (Å²) in [6, 6.07) is -1.66. The second-order valence-corrected chi connectivity index (χ2v) is 14.8. The fourth-order valence-corrected chi connectivity index (χ4v) is 6.64. The lowest BCUT2D eigenvalue weighted by Gasteiger charge is -2.30. The molecule has 0 aromatic rings. The predicted octanol–water partition coefficient (Wildman–Crippen LogP) is 3.00. The fraction of sp³-hybridized carbons (Fsp3) is 0.778. The highest BCUT2D eigenvalue weighted by Gasteiger charge is 2.62. The Balaban J connectivity index is 0.00000294. The van der Waals surface area contributed by atoms with Crippen molar-refractivity contribution in [1.82, 2.24) is 20.3 Å². The summed E-state index contributed by atoms with van der Waals surface area (Å²) in [6.45, 7) is 7.17. The molecule has 4 amide bonds. The van der Waals surface area contributed by atoms with E-state index in [1.54, 1.807) is 27.7 Å². The van der Waals surface area contributed by atoms with Gasteiger partial charge in [-0.1, -0.05) is 25.0 Å². The Bertz CT molecular complexity index is 1160. The highest BCUT2D eigenvalue weighted by atomic mass is 32.2. The minimum absolute atomic E-state index is 0. The number of hydrogen-bond donors (Lipinski definition) is 3. The van der Waals surface area contributed by atoms with Gasteiger partial charge >= 0.3 is 6.09 Å². The molecular weight excluding hydrogens is 524 g/mol. The number of carbonyl (C=O) groups excluding carboxylic acids is 4. The number of sulfonamides is 1. The zero-order valence-electron chi connectivity index (χ0n) is 23.4. The molecule has 2 aliphatic heterocycles. The number of ether oxygens (including phenoxy) is 1. The fourth-order valence-electron chi connectivity index (χ4n) is 5.32. The van der Waals surface area contributed by atoms with Crippen molar-refractivity contribution in [3.63, 3.8) is 0 Å². The summed E-state index contributed by atoms with van der Waals surface area (Å²) in [6.07, 6.45) is 8.96. The van der Waals surface area contributed by atoms with Crippen molar-refractivity contribution in [2.45, 2.75) is 120 Å². The van der Waals surface area contributed by atoms with Gasteiger partial charge in [-0.15, -0.1) is 0 Å². The minimum Gasteiger partial charge on any atom is -0.444 e. The summed E-state index contributed by atoms with van der Waals surface area (Å²) < 4.78 is 32.2. The number of carbonyl (C=O) groups is 4. The normalized spacial score (nSPS) is 31.9. The summed E-state index contributed by atoms with van der Waals surface area (Å²) in [5.41, 5.74) is -2.10. The summed E-state index contributed by atoms with van der Waals surface area (Å²) in [4.78, 5) is 54.5. The van der Waals surface area contributed by atoms with Crippen molar-refractivity contribution in [2.24, 2.45) is 5.92 Å². The first-order chi connectivity index (χ1) is 18.2. The van der Waals surface area contributed by atoms with Crippen LogP contribution in [0, 0.1) is 5.92 Å². The second kappa shape index (κ2) is 10.7. The van der Waals surface area contributed by atoms with E-state index < -0.39 is 55.9 Å². The molecule has 11 nitrogen and oxygen atoms in total. The first-order valence-corrected chi connectivity index (χ1v) is 15.5. The molecule has 4 aliphatic rings. The van der Waals surface area contributed by atoms with Gasteiger partial charge in [-0.05, 0) is 79.1 Å². The number of nitrogens with one attached hydrogen (secondary N) is 3. The molecule has 3 N–H and O–H groups in total. The largest absolute Gasteiger partial charge is 0.444 e. The molecular formula is C27H48N4O7S. The van der Waals surface area contributed by atoms with Crippen LogP contribution in [0.25, 0.3) is 0 Å². The molecule has 4 atom stereocenters. The van der Waals surface area contributed by atoms with E-state index in [1.165, 1.54) is 4.90 Å². The topological polar surface area (TPSA) is 151 Å².